The minimum atomic E-state index is -0.0445. The molecule has 0 atom stereocenters. The highest BCUT2D eigenvalue weighted by atomic mass is 32.1. The fraction of sp³-hybridized carbons (Fsp3) is 0.190. The predicted molar refractivity (Wildman–Crippen MR) is 104 cm³/mol. The first-order valence-electron chi connectivity index (χ1n) is 8.47. The standard InChI is InChI=1S/C21H17N3OS/c1-13-11-15(7-8-16(13)12-22)21(25)24-10-9-19-20(23-14(2)26-19)17-5-3-4-6-18(17)24/h3-8,11H,9-10H2,1-2H3. The van der Waals surface area contributed by atoms with Crippen LogP contribution in [0.4, 0.5) is 5.69 Å². The summed E-state index contributed by atoms with van der Waals surface area (Å²) in [5.74, 6) is -0.0445. The molecule has 4 rings (SSSR count). The Balaban J connectivity index is 1.79. The lowest BCUT2D eigenvalue weighted by Gasteiger charge is -2.23. The van der Waals surface area contributed by atoms with Gasteiger partial charge in [-0.15, -0.1) is 11.3 Å². The lowest BCUT2D eigenvalue weighted by molar-refractivity contribution is 0.0987. The highest BCUT2D eigenvalue weighted by Crippen LogP contribution is 2.38. The predicted octanol–water partition coefficient (Wildman–Crippen LogP) is 4.50. The molecule has 3 aromatic rings. The molecule has 26 heavy (non-hydrogen) atoms. The Morgan fingerprint density at radius 3 is 2.81 bits per heavy atom. The first kappa shape index (κ1) is 16.5. The van der Waals surface area contributed by atoms with Crippen molar-refractivity contribution in [3.05, 3.63) is 69.0 Å². The summed E-state index contributed by atoms with van der Waals surface area (Å²) in [5.41, 5.74) is 4.91. The van der Waals surface area contributed by atoms with E-state index in [2.05, 4.69) is 6.07 Å². The maximum atomic E-state index is 13.2. The molecule has 0 N–H and O–H groups in total. The lowest BCUT2D eigenvalue weighted by Crippen LogP contribution is -2.32. The Bertz CT molecular complexity index is 1060. The van der Waals surface area contributed by atoms with Crippen molar-refractivity contribution in [1.29, 1.82) is 5.26 Å². The molecule has 1 amide bonds. The van der Waals surface area contributed by atoms with E-state index >= 15 is 0 Å². The van der Waals surface area contributed by atoms with Crippen LogP contribution in [0.1, 0.15) is 31.4 Å². The quantitative estimate of drug-likeness (QED) is 0.643. The number of carbonyl (C=O) groups is 1. The number of aryl methyl sites for hydroxylation is 2. The number of amides is 1. The van der Waals surface area contributed by atoms with Gasteiger partial charge in [-0.2, -0.15) is 5.26 Å². The van der Waals surface area contributed by atoms with E-state index in [0.717, 1.165) is 33.9 Å². The molecular formula is C21H17N3OS. The van der Waals surface area contributed by atoms with Crippen molar-refractivity contribution in [2.75, 3.05) is 11.4 Å². The molecule has 0 spiro atoms. The van der Waals surface area contributed by atoms with E-state index in [0.29, 0.717) is 17.7 Å². The van der Waals surface area contributed by atoms with E-state index in [1.54, 1.807) is 29.5 Å². The van der Waals surface area contributed by atoms with Crippen molar-refractivity contribution in [1.82, 2.24) is 4.98 Å². The molecule has 2 aromatic carbocycles. The molecule has 5 heteroatoms. The lowest BCUT2D eigenvalue weighted by atomic mass is 10.0. The van der Waals surface area contributed by atoms with Crippen LogP contribution in [0.25, 0.3) is 11.3 Å². The zero-order valence-electron chi connectivity index (χ0n) is 14.6. The summed E-state index contributed by atoms with van der Waals surface area (Å²) in [6.45, 7) is 4.49. The Kier molecular flexibility index (Phi) is 4.06. The fourth-order valence-corrected chi connectivity index (χ4v) is 4.32. The molecule has 4 nitrogen and oxygen atoms in total. The number of hydrogen-bond acceptors (Lipinski definition) is 4. The summed E-state index contributed by atoms with van der Waals surface area (Å²) < 4.78 is 0. The smallest absolute Gasteiger partial charge is 0.258 e. The summed E-state index contributed by atoms with van der Waals surface area (Å²) in [6, 6.07) is 15.3. The molecule has 128 valence electrons. The third-order valence-electron chi connectivity index (χ3n) is 4.66. The second-order valence-corrected chi connectivity index (χ2v) is 7.66. The van der Waals surface area contributed by atoms with E-state index in [9.17, 15) is 4.79 Å². The van der Waals surface area contributed by atoms with Crippen LogP contribution in [-0.2, 0) is 6.42 Å². The molecule has 1 aliphatic rings. The monoisotopic (exact) mass is 359 g/mol. The second kappa shape index (κ2) is 6.40. The zero-order valence-corrected chi connectivity index (χ0v) is 15.4. The Morgan fingerprint density at radius 2 is 2.04 bits per heavy atom. The summed E-state index contributed by atoms with van der Waals surface area (Å²) >= 11 is 1.70. The number of carbonyl (C=O) groups excluding carboxylic acids is 1. The van der Waals surface area contributed by atoms with Gasteiger partial charge in [0, 0.05) is 29.0 Å². The van der Waals surface area contributed by atoms with Crippen LogP contribution in [0.3, 0.4) is 0 Å². The molecule has 2 heterocycles. The maximum absolute atomic E-state index is 13.2. The third kappa shape index (κ3) is 2.69. The molecule has 0 radical (unpaired) electrons. The van der Waals surface area contributed by atoms with Crippen molar-refractivity contribution in [3.63, 3.8) is 0 Å². The number of benzene rings is 2. The van der Waals surface area contributed by atoms with Gasteiger partial charge in [0.05, 0.1) is 28.0 Å². The van der Waals surface area contributed by atoms with E-state index < -0.39 is 0 Å². The van der Waals surface area contributed by atoms with E-state index in [4.69, 9.17) is 10.2 Å². The topological polar surface area (TPSA) is 57.0 Å². The summed E-state index contributed by atoms with van der Waals surface area (Å²) in [7, 11) is 0. The number of anilines is 1. The average Bonchev–Trinajstić information content (AvgIpc) is 2.95. The summed E-state index contributed by atoms with van der Waals surface area (Å²) in [6.07, 6.45) is 0.788. The molecule has 1 aliphatic heterocycles. The number of fused-ring (bicyclic) bond motifs is 3. The van der Waals surface area contributed by atoms with Crippen molar-refractivity contribution < 1.29 is 4.79 Å². The van der Waals surface area contributed by atoms with Crippen LogP contribution in [0, 0.1) is 25.2 Å². The SMILES string of the molecule is Cc1nc2c(s1)CCN(C(=O)c1ccc(C#N)c(C)c1)c1ccccc1-2. The van der Waals surface area contributed by atoms with Crippen molar-refractivity contribution in [2.24, 2.45) is 0 Å². The van der Waals surface area contributed by atoms with Gasteiger partial charge in [-0.05, 0) is 43.7 Å². The number of para-hydroxylation sites is 1. The fourth-order valence-electron chi connectivity index (χ4n) is 3.38. The number of hydrogen-bond donors (Lipinski definition) is 0. The van der Waals surface area contributed by atoms with E-state index in [1.165, 1.54) is 4.88 Å². The first-order chi connectivity index (χ1) is 12.6. The molecule has 0 saturated heterocycles. The van der Waals surface area contributed by atoms with Gasteiger partial charge in [-0.1, -0.05) is 18.2 Å². The van der Waals surface area contributed by atoms with Gasteiger partial charge < -0.3 is 4.90 Å². The van der Waals surface area contributed by atoms with Crippen LogP contribution in [-0.4, -0.2) is 17.4 Å². The molecule has 0 aliphatic carbocycles. The average molecular weight is 359 g/mol. The van der Waals surface area contributed by atoms with Gasteiger partial charge in [-0.25, -0.2) is 4.98 Å². The van der Waals surface area contributed by atoms with Crippen LogP contribution >= 0.6 is 11.3 Å². The van der Waals surface area contributed by atoms with Gasteiger partial charge >= 0.3 is 0 Å². The van der Waals surface area contributed by atoms with Crippen LogP contribution in [0.2, 0.25) is 0 Å². The van der Waals surface area contributed by atoms with Crippen LogP contribution < -0.4 is 4.90 Å². The molecular weight excluding hydrogens is 342 g/mol. The van der Waals surface area contributed by atoms with Gasteiger partial charge in [0.15, 0.2) is 0 Å². The minimum Gasteiger partial charge on any atom is -0.307 e. The van der Waals surface area contributed by atoms with Crippen LogP contribution in [0.15, 0.2) is 42.5 Å². The van der Waals surface area contributed by atoms with Gasteiger partial charge in [-0.3, -0.25) is 4.79 Å². The highest BCUT2D eigenvalue weighted by Gasteiger charge is 2.27. The molecule has 0 fully saturated rings. The first-order valence-corrected chi connectivity index (χ1v) is 9.28. The zero-order chi connectivity index (χ0) is 18.3. The molecule has 0 saturated carbocycles. The highest BCUT2D eigenvalue weighted by molar-refractivity contribution is 7.12. The van der Waals surface area contributed by atoms with Crippen LogP contribution in [0.5, 0.6) is 0 Å². The third-order valence-corrected chi connectivity index (χ3v) is 5.69. The molecule has 0 unspecified atom stereocenters. The molecule has 1 aromatic heterocycles. The largest absolute Gasteiger partial charge is 0.307 e. The Labute approximate surface area is 156 Å². The number of aromatic nitrogens is 1. The maximum Gasteiger partial charge on any atom is 0.258 e. The van der Waals surface area contributed by atoms with Crippen molar-refractivity contribution in [2.45, 2.75) is 20.3 Å². The Hall–Kier alpha value is -2.97. The Morgan fingerprint density at radius 1 is 1.23 bits per heavy atom. The second-order valence-electron chi connectivity index (χ2n) is 6.37. The van der Waals surface area contributed by atoms with Crippen molar-refractivity contribution >= 4 is 22.9 Å². The number of rotatable bonds is 1. The molecule has 0 bridgehead atoms. The number of thiazole rings is 1. The minimum absolute atomic E-state index is 0.0445. The van der Waals surface area contributed by atoms with Crippen molar-refractivity contribution in [3.8, 4) is 17.3 Å². The summed E-state index contributed by atoms with van der Waals surface area (Å²) in [5, 5.41) is 10.2. The normalized spacial score (nSPS) is 12.7. The summed E-state index contributed by atoms with van der Waals surface area (Å²) in [4.78, 5) is 21.0. The number of nitrogens with zero attached hydrogens (tertiary/aromatic N) is 3. The van der Waals surface area contributed by atoms with Gasteiger partial charge in [0.1, 0.15) is 0 Å². The van der Waals surface area contributed by atoms with Gasteiger partial charge in [0.25, 0.3) is 5.91 Å². The number of nitriles is 1. The van der Waals surface area contributed by atoms with E-state index in [1.807, 2.05) is 43.0 Å². The van der Waals surface area contributed by atoms with E-state index in [-0.39, 0.29) is 5.91 Å². The van der Waals surface area contributed by atoms with Gasteiger partial charge in [0.2, 0.25) is 0 Å².